The summed E-state index contributed by atoms with van der Waals surface area (Å²) in [5.74, 6) is -2.10. The van der Waals surface area contributed by atoms with Crippen molar-refractivity contribution in [3.05, 3.63) is 111 Å². The predicted octanol–water partition coefficient (Wildman–Crippen LogP) is 6.01. The number of carbonyl (C=O) groups excluding carboxylic acids is 1. The van der Waals surface area contributed by atoms with Gasteiger partial charge < -0.3 is 5.32 Å². The molecule has 0 unspecified atom stereocenters. The molecular weight excluding hydrogens is 432 g/mol. The molecule has 0 radical (unpaired) electrons. The van der Waals surface area contributed by atoms with Gasteiger partial charge in [0.2, 0.25) is 0 Å². The number of nitriles is 1. The fraction of sp³-hybridized carbons (Fsp3) is 0.0800. The van der Waals surface area contributed by atoms with Crippen molar-refractivity contribution in [2.75, 3.05) is 0 Å². The van der Waals surface area contributed by atoms with Crippen molar-refractivity contribution in [3.8, 4) is 6.07 Å². The Morgan fingerprint density at radius 1 is 1.16 bits per heavy atom. The van der Waals surface area contributed by atoms with E-state index < -0.39 is 23.6 Å². The van der Waals surface area contributed by atoms with E-state index in [2.05, 4.69) is 17.0 Å². The largest absolute Gasteiger partial charge is 0.340 e. The molecule has 4 nitrogen and oxygen atoms in total. The number of amides is 1. The lowest BCUT2D eigenvalue weighted by atomic mass is 9.99. The van der Waals surface area contributed by atoms with Gasteiger partial charge in [0.25, 0.3) is 5.91 Å². The molecule has 0 aliphatic rings. The van der Waals surface area contributed by atoms with Gasteiger partial charge in [-0.1, -0.05) is 41.9 Å². The molecule has 0 bridgehead atoms. The van der Waals surface area contributed by atoms with Gasteiger partial charge in [-0.15, -0.1) is 0 Å². The van der Waals surface area contributed by atoms with E-state index in [-0.39, 0.29) is 16.1 Å². The highest BCUT2D eigenvalue weighted by Crippen LogP contribution is 2.28. The molecule has 0 aliphatic carbocycles. The Labute approximate surface area is 189 Å². The first-order chi connectivity index (χ1) is 15.3. The van der Waals surface area contributed by atoms with Gasteiger partial charge in [-0.3, -0.25) is 9.79 Å². The van der Waals surface area contributed by atoms with Crippen LogP contribution in [0.5, 0.6) is 0 Å². The Kier molecular flexibility index (Phi) is 7.14. The average molecular weight is 450 g/mol. The minimum absolute atomic E-state index is 0.000222. The normalized spacial score (nSPS) is 12.0. The van der Waals surface area contributed by atoms with Gasteiger partial charge in [0.1, 0.15) is 17.7 Å². The molecule has 0 heterocycles. The van der Waals surface area contributed by atoms with Gasteiger partial charge in [0.15, 0.2) is 0 Å². The maximum atomic E-state index is 14.2. The summed E-state index contributed by atoms with van der Waals surface area (Å²) in [6.07, 6.45) is 1.74. The third-order valence-corrected chi connectivity index (χ3v) is 5.18. The molecule has 7 heteroatoms. The highest BCUT2D eigenvalue weighted by molar-refractivity contribution is 6.30. The third-order valence-electron chi connectivity index (χ3n) is 4.87. The lowest BCUT2D eigenvalue weighted by Gasteiger charge is -2.21. The number of carbonyl (C=O) groups is 1. The van der Waals surface area contributed by atoms with Crippen molar-refractivity contribution in [1.29, 1.82) is 5.26 Å². The van der Waals surface area contributed by atoms with Crippen molar-refractivity contribution >= 4 is 30.3 Å². The predicted molar refractivity (Wildman–Crippen MR) is 121 cm³/mol. The van der Waals surface area contributed by atoms with Crippen LogP contribution in [0.4, 0.5) is 8.78 Å². The molecule has 0 saturated heterocycles. The first-order valence-corrected chi connectivity index (χ1v) is 9.91. The number of halogens is 3. The van der Waals surface area contributed by atoms with E-state index in [0.29, 0.717) is 11.3 Å². The Morgan fingerprint density at radius 2 is 1.91 bits per heavy atom. The van der Waals surface area contributed by atoms with Crippen molar-refractivity contribution in [1.82, 2.24) is 5.32 Å². The first kappa shape index (κ1) is 22.9. The van der Waals surface area contributed by atoms with E-state index in [1.54, 1.807) is 18.2 Å². The molecule has 0 spiro atoms. The minimum atomic E-state index is -0.898. The summed E-state index contributed by atoms with van der Waals surface area (Å²) in [6.45, 7) is 5.52. The Balaban J connectivity index is 2.06. The molecule has 3 rings (SSSR count). The van der Waals surface area contributed by atoms with E-state index in [4.69, 9.17) is 16.9 Å². The van der Waals surface area contributed by atoms with Crippen LogP contribution < -0.4 is 5.32 Å². The number of hydrogen-bond acceptors (Lipinski definition) is 3. The maximum absolute atomic E-state index is 14.2. The quantitative estimate of drug-likeness (QED) is 0.468. The van der Waals surface area contributed by atoms with Crippen LogP contribution in [0.1, 0.15) is 38.7 Å². The molecule has 0 aromatic heterocycles. The summed E-state index contributed by atoms with van der Waals surface area (Å²) >= 11 is 5.82. The van der Waals surface area contributed by atoms with Crippen molar-refractivity contribution in [2.24, 2.45) is 4.99 Å². The Hall–Kier alpha value is -3.82. The van der Waals surface area contributed by atoms with Gasteiger partial charge in [-0.05, 0) is 66.7 Å². The van der Waals surface area contributed by atoms with Crippen LogP contribution in [0.15, 0.2) is 71.4 Å². The van der Waals surface area contributed by atoms with Gasteiger partial charge >= 0.3 is 0 Å². The smallest absolute Gasteiger partial charge is 0.252 e. The van der Waals surface area contributed by atoms with E-state index >= 15 is 0 Å². The van der Waals surface area contributed by atoms with Crippen LogP contribution in [0.25, 0.3) is 6.08 Å². The number of rotatable bonds is 6. The molecule has 1 amide bonds. The molecular formula is C25H18ClF2N3O. The molecule has 0 saturated carbocycles. The summed E-state index contributed by atoms with van der Waals surface area (Å²) in [7, 11) is 0. The summed E-state index contributed by atoms with van der Waals surface area (Å²) in [5, 5.41) is 11.6. The topological polar surface area (TPSA) is 65.2 Å². The van der Waals surface area contributed by atoms with E-state index in [1.807, 2.05) is 31.2 Å². The highest BCUT2D eigenvalue weighted by atomic mass is 35.5. The lowest BCUT2D eigenvalue weighted by molar-refractivity contribution is 0.0941. The zero-order valence-corrected chi connectivity index (χ0v) is 17.8. The second-order valence-corrected chi connectivity index (χ2v) is 7.38. The van der Waals surface area contributed by atoms with Crippen molar-refractivity contribution in [3.63, 3.8) is 0 Å². The van der Waals surface area contributed by atoms with Crippen molar-refractivity contribution in [2.45, 2.75) is 13.0 Å². The Bertz CT molecular complexity index is 1260. The maximum Gasteiger partial charge on any atom is 0.252 e. The molecule has 1 N–H and O–H groups in total. The summed E-state index contributed by atoms with van der Waals surface area (Å²) in [4.78, 5) is 17.0. The van der Waals surface area contributed by atoms with Crippen LogP contribution in [0, 0.1) is 29.9 Å². The van der Waals surface area contributed by atoms with Crippen molar-refractivity contribution < 1.29 is 13.6 Å². The van der Waals surface area contributed by atoms with E-state index in [9.17, 15) is 13.6 Å². The van der Waals surface area contributed by atoms with Gasteiger partial charge in [-0.2, -0.15) is 5.26 Å². The SMILES string of the molecule is C=N/C(=C\c1ccccc1C)[C@@H](NC(=O)c1ccc(C#N)c(F)c1)c1ccc(Cl)c(F)c1. The van der Waals surface area contributed by atoms with Crippen LogP contribution in [0.3, 0.4) is 0 Å². The Morgan fingerprint density at radius 3 is 2.53 bits per heavy atom. The van der Waals surface area contributed by atoms with Gasteiger partial charge in [-0.25, -0.2) is 8.78 Å². The highest BCUT2D eigenvalue weighted by Gasteiger charge is 2.22. The first-order valence-electron chi connectivity index (χ1n) is 9.53. The van der Waals surface area contributed by atoms with E-state index in [1.165, 1.54) is 24.3 Å². The molecule has 32 heavy (non-hydrogen) atoms. The minimum Gasteiger partial charge on any atom is -0.340 e. The fourth-order valence-corrected chi connectivity index (χ4v) is 3.23. The number of nitrogens with one attached hydrogen (secondary N) is 1. The summed E-state index contributed by atoms with van der Waals surface area (Å²) in [5.41, 5.74) is 2.36. The van der Waals surface area contributed by atoms with E-state index in [0.717, 1.165) is 17.2 Å². The summed E-state index contributed by atoms with van der Waals surface area (Å²) in [6, 6.07) is 16.0. The monoisotopic (exact) mass is 449 g/mol. The van der Waals surface area contributed by atoms with Crippen LogP contribution >= 0.6 is 11.6 Å². The number of aryl methyl sites for hydroxylation is 1. The molecule has 1 atom stereocenters. The standard InChI is InChI=1S/C25H18ClF2N3O/c1-15-5-3-4-6-16(15)13-23(30-2)24(17-9-10-20(26)22(28)11-17)31-25(32)18-7-8-19(14-29)21(27)12-18/h3-13,24H,2H2,1H3,(H,31,32)/b23-13-/t24-/m0/s1. The average Bonchev–Trinajstić information content (AvgIpc) is 2.79. The second-order valence-electron chi connectivity index (χ2n) is 6.97. The molecule has 3 aromatic carbocycles. The van der Waals surface area contributed by atoms with Gasteiger partial charge in [0.05, 0.1) is 22.3 Å². The molecule has 0 aliphatic heterocycles. The molecule has 0 fully saturated rings. The fourth-order valence-electron chi connectivity index (χ4n) is 3.11. The number of aliphatic imine (C=N–C) groups is 1. The van der Waals surface area contributed by atoms with Crippen LogP contribution in [0.2, 0.25) is 5.02 Å². The molecule has 160 valence electrons. The zero-order valence-electron chi connectivity index (χ0n) is 17.1. The third kappa shape index (κ3) is 5.08. The lowest BCUT2D eigenvalue weighted by Crippen LogP contribution is -2.29. The zero-order chi connectivity index (χ0) is 23.3. The number of benzene rings is 3. The van der Waals surface area contributed by atoms with Gasteiger partial charge in [0, 0.05) is 5.56 Å². The number of hydrogen-bond donors (Lipinski definition) is 1. The number of nitrogens with zero attached hydrogens (tertiary/aromatic N) is 2. The molecule has 3 aromatic rings. The van der Waals surface area contributed by atoms with Crippen LogP contribution in [-0.4, -0.2) is 12.6 Å². The van der Waals surface area contributed by atoms with Crippen LogP contribution in [-0.2, 0) is 0 Å². The summed E-state index contributed by atoms with van der Waals surface area (Å²) < 4.78 is 28.2. The second kappa shape index (κ2) is 9.99.